The minimum absolute atomic E-state index is 0. The molecule has 31 heavy (non-hydrogen) atoms. The largest absolute Gasteiger partial charge is 1.00 e. The van der Waals surface area contributed by atoms with Crippen molar-refractivity contribution in [2.75, 3.05) is 0 Å². The second-order valence-electron chi connectivity index (χ2n) is 9.02. The van der Waals surface area contributed by atoms with Crippen LogP contribution in [-0.4, -0.2) is 13.0 Å². The third kappa shape index (κ3) is 16.4. The molecule has 1 aromatic carbocycles. The molecule has 0 aliphatic carbocycles. The van der Waals surface area contributed by atoms with E-state index in [4.69, 9.17) is 0 Å². The van der Waals surface area contributed by atoms with Gasteiger partial charge in [0.25, 0.3) is 0 Å². The quantitative estimate of drug-likeness (QED) is 0.159. The van der Waals surface area contributed by atoms with Crippen molar-refractivity contribution in [1.82, 2.24) is 0 Å². The van der Waals surface area contributed by atoms with Crippen molar-refractivity contribution >= 4 is 10.1 Å². The van der Waals surface area contributed by atoms with Crippen molar-refractivity contribution in [3.63, 3.8) is 0 Å². The first-order valence-electron chi connectivity index (χ1n) is 12.5. The van der Waals surface area contributed by atoms with E-state index < -0.39 is 10.1 Å². The third-order valence-electron chi connectivity index (χ3n) is 6.23. The van der Waals surface area contributed by atoms with Crippen LogP contribution in [0.4, 0.5) is 0 Å². The Bertz CT molecular complexity index is 629. The molecule has 1 unspecified atom stereocenters. The van der Waals surface area contributed by atoms with Crippen LogP contribution in [0.1, 0.15) is 134 Å². The normalized spacial score (nSPS) is 12.5. The van der Waals surface area contributed by atoms with Crippen molar-refractivity contribution in [1.29, 1.82) is 0 Å². The molecule has 0 radical (unpaired) electrons. The van der Waals surface area contributed by atoms with Gasteiger partial charge in [-0.3, -0.25) is 0 Å². The zero-order chi connectivity index (χ0) is 22.1. The maximum absolute atomic E-state index is 11.0. The molecule has 0 saturated carbocycles. The fourth-order valence-corrected chi connectivity index (χ4v) is 4.60. The van der Waals surface area contributed by atoms with E-state index in [1.165, 1.54) is 115 Å². The first kappa shape index (κ1) is 31.1. The van der Waals surface area contributed by atoms with Crippen LogP contribution in [0.2, 0.25) is 0 Å². The SMILES string of the molecule is CCCCCCCCCCCCCCCCCCC(C)c1ccc(S(=O)(=O)[O-])cc1.[Na+]. The summed E-state index contributed by atoms with van der Waals surface area (Å²) >= 11 is 0. The Labute approximate surface area is 215 Å². The first-order valence-corrected chi connectivity index (χ1v) is 13.9. The molecule has 0 amide bonds. The summed E-state index contributed by atoms with van der Waals surface area (Å²) in [5, 5.41) is 0. The zero-order valence-electron chi connectivity index (χ0n) is 20.5. The average molecular weight is 461 g/mol. The standard InChI is InChI=1S/C26H46O3S.Na/c1-3-4-5-6-7-8-9-10-11-12-13-14-15-16-17-18-19-24(2)25-20-22-26(23-21-25)30(27,28)29;/h20-24H,3-19H2,1-2H3,(H,27,28,29);/q;+1/p-1. The van der Waals surface area contributed by atoms with Crippen molar-refractivity contribution in [2.45, 2.75) is 134 Å². The minimum atomic E-state index is -4.34. The Hall–Kier alpha value is 0.130. The van der Waals surface area contributed by atoms with Gasteiger partial charge in [-0.15, -0.1) is 0 Å². The maximum atomic E-state index is 11.0. The topological polar surface area (TPSA) is 57.2 Å². The monoisotopic (exact) mass is 460 g/mol. The van der Waals surface area contributed by atoms with E-state index in [1.807, 2.05) is 0 Å². The fourth-order valence-electron chi connectivity index (χ4n) is 4.13. The van der Waals surface area contributed by atoms with Crippen LogP contribution >= 0.6 is 0 Å². The van der Waals surface area contributed by atoms with E-state index in [0.29, 0.717) is 5.92 Å². The van der Waals surface area contributed by atoms with Gasteiger partial charge in [-0.05, 0) is 30.0 Å². The van der Waals surface area contributed by atoms with Gasteiger partial charge in [-0.25, -0.2) is 8.42 Å². The van der Waals surface area contributed by atoms with Gasteiger partial charge in [-0.2, -0.15) is 0 Å². The summed E-state index contributed by atoms with van der Waals surface area (Å²) in [5.41, 5.74) is 1.11. The molecule has 0 N–H and O–H groups in total. The Kier molecular flexibility index (Phi) is 19.7. The third-order valence-corrected chi connectivity index (χ3v) is 7.08. The number of hydrogen-bond donors (Lipinski definition) is 0. The average Bonchev–Trinajstić information content (AvgIpc) is 2.72. The zero-order valence-corrected chi connectivity index (χ0v) is 23.4. The Morgan fingerprint density at radius 3 is 1.39 bits per heavy atom. The summed E-state index contributed by atoms with van der Waals surface area (Å²) in [6, 6.07) is 6.42. The number of hydrogen-bond acceptors (Lipinski definition) is 3. The summed E-state index contributed by atoms with van der Waals surface area (Å²) in [4.78, 5) is -0.138. The molecular formula is C26H45NaO3S. The van der Waals surface area contributed by atoms with Gasteiger partial charge in [0, 0.05) is 0 Å². The van der Waals surface area contributed by atoms with Crippen LogP contribution in [0.5, 0.6) is 0 Å². The number of rotatable bonds is 19. The molecule has 0 aromatic heterocycles. The van der Waals surface area contributed by atoms with Crippen LogP contribution in [0.3, 0.4) is 0 Å². The molecule has 0 fully saturated rings. The van der Waals surface area contributed by atoms with E-state index in [9.17, 15) is 13.0 Å². The Balaban J connectivity index is 0.00000900. The minimum Gasteiger partial charge on any atom is -0.744 e. The molecular weight excluding hydrogens is 415 g/mol. The van der Waals surface area contributed by atoms with Gasteiger partial charge in [0.15, 0.2) is 0 Å². The molecule has 0 spiro atoms. The van der Waals surface area contributed by atoms with Crippen molar-refractivity contribution in [3.05, 3.63) is 29.8 Å². The Morgan fingerprint density at radius 1 is 0.677 bits per heavy atom. The van der Waals surface area contributed by atoms with Crippen molar-refractivity contribution < 1.29 is 42.5 Å². The molecule has 1 atom stereocenters. The summed E-state index contributed by atoms with van der Waals surface area (Å²) < 4.78 is 33.0. The second kappa shape index (κ2) is 19.6. The molecule has 0 aliphatic heterocycles. The molecule has 0 aliphatic rings. The summed E-state index contributed by atoms with van der Waals surface area (Å²) in [7, 11) is -4.34. The van der Waals surface area contributed by atoms with Gasteiger partial charge in [0.1, 0.15) is 10.1 Å². The van der Waals surface area contributed by atoms with E-state index in [1.54, 1.807) is 12.1 Å². The first-order chi connectivity index (χ1) is 14.4. The second-order valence-corrected chi connectivity index (χ2v) is 10.4. The maximum Gasteiger partial charge on any atom is 1.00 e. The van der Waals surface area contributed by atoms with Gasteiger partial charge in [0.2, 0.25) is 0 Å². The van der Waals surface area contributed by atoms with Gasteiger partial charge in [-0.1, -0.05) is 129 Å². The molecule has 1 rings (SSSR count). The number of benzene rings is 1. The summed E-state index contributed by atoms with van der Waals surface area (Å²) in [6.07, 6.45) is 23.2. The Morgan fingerprint density at radius 2 is 1.03 bits per heavy atom. The van der Waals surface area contributed by atoms with Gasteiger partial charge >= 0.3 is 29.6 Å². The molecule has 1 aromatic rings. The van der Waals surface area contributed by atoms with Crippen molar-refractivity contribution in [2.24, 2.45) is 0 Å². The van der Waals surface area contributed by atoms with Gasteiger partial charge in [0.05, 0.1) is 4.90 Å². The van der Waals surface area contributed by atoms with Crippen LogP contribution in [-0.2, 0) is 10.1 Å². The summed E-state index contributed by atoms with van der Waals surface area (Å²) in [6.45, 7) is 4.45. The fraction of sp³-hybridized carbons (Fsp3) is 0.769. The van der Waals surface area contributed by atoms with E-state index in [2.05, 4.69) is 13.8 Å². The molecule has 5 heteroatoms. The van der Waals surface area contributed by atoms with Crippen LogP contribution in [0.25, 0.3) is 0 Å². The molecule has 174 valence electrons. The number of unbranched alkanes of at least 4 members (excludes halogenated alkanes) is 15. The van der Waals surface area contributed by atoms with Crippen LogP contribution in [0, 0.1) is 0 Å². The van der Waals surface area contributed by atoms with Crippen molar-refractivity contribution in [3.8, 4) is 0 Å². The smallest absolute Gasteiger partial charge is 0.744 e. The van der Waals surface area contributed by atoms with E-state index in [-0.39, 0.29) is 34.5 Å². The molecule has 0 saturated heterocycles. The van der Waals surface area contributed by atoms with Crippen LogP contribution in [0.15, 0.2) is 29.2 Å². The van der Waals surface area contributed by atoms with E-state index in [0.717, 1.165) is 12.0 Å². The van der Waals surface area contributed by atoms with E-state index >= 15 is 0 Å². The van der Waals surface area contributed by atoms with Gasteiger partial charge < -0.3 is 4.55 Å². The molecule has 3 nitrogen and oxygen atoms in total. The predicted molar refractivity (Wildman–Crippen MR) is 127 cm³/mol. The molecule has 0 heterocycles. The predicted octanol–water partition coefficient (Wildman–Crippen LogP) is 5.35. The van der Waals surface area contributed by atoms with Crippen LogP contribution < -0.4 is 29.6 Å². The molecule has 0 bridgehead atoms. The summed E-state index contributed by atoms with van der Waals surface area (Å²) in [5.74, 6) is 0.403.